The minimum Gasteiger partial charge on any atom is -0.330 e. The van der Waals surface area contributed by atoms with Crippen LogP contribution in [0.5, 0.6) is 0 Å². The van der Waals surface area contributed by atoms with Gasteiger partial charge in [0.15, 0.2) is 5.82 Å². The van der Waals surface area contributed by atoms with Crippen molar-refractivity contribution >= 4 is 31.9 Å². The van der Waals surface area contributed by atoms with E-state index >= 15 is 0 Å². The lowest BCUT2D eigenvalue weighted by Crippen LogP contribution is -1.86. The fourth-order valence-corrected chi connectivity index (χ4v) is 1.52. The molecule has 0 aliphatic heterocycles. The van der Waals surface area contributed by atoms with Gasteiger partial charge >= 0.3 is 0 Å². The Hall–Kier alpha value is -0.750. The molecule has 0 atom stereocenters. The molecule has 0 amide bonds. The Balaban J connectivity index is 2.44. The van der Waals surface area contributed by atoms with E-state index in [0.29, 0.717) is 16.1 Å². The molecule has 2 rings (SSSR count). The monoisotopic (exact) mass is 319 g/mol. The van der Waals surface area contributed by atoms with Crippen LogP contribution in [0, 0.1) is 5.82 Å². The molecule has 0 saturated carbocycles. The second kappa shape index (κ2) is 3.78. The Bertz CT molecular complexity index is 433. The number of imidazole rings is 1. The van der Waals surface area contributed by atoms with E-state index in [9.17, 15) is 4.39 Å². The first-order valence-corrected chi connectivity index (χ1v) is 5.28. The number of pyridine rings is 1. The van der Waals surface area contributed by atoms with E-state index in [1.54, 1.807) is 6.07 Å². The van der Waals surface area contributed by atoms with Crippen LogP contribution in [-0.2, 0) is 0 Å². The number of nitrogens with one attached hydrogen (secondary N) is 1. The van der Waals surface area contributed by atoms with Gasteiger partial charge in [0.05, 0.1) is 6.20 Å². The molecule has 0 radical (unpaired) electrons. The Morgan fingerprint density at radius 1 is 1.29 bits per heavy atom. The molecule has 3 nitrogen and oxygen atoms in total. The maximum Gasteiger partial charge on any atom is 0.158 e. The van der Waals surface area contributed by atoms with Crippen molar-refractivity contribution in [3.63, 3.8) is 0 Å². The predicted octanol–water partition coefficient (Wildman–Crippen LogP) is 3.14. The molecule has 6 heteroatoms. The second-order valence-electron chi connectivity index (χ2n) is 2.55. The van der Waals surface area contributed by atoms with Crippen molar-refractivity contribution in [3.05, 3.63) is 33.4 Å². The van der Waals surface area contributed by atoms with Crippen LogP contribution in [0.1, 0.15) is 0 Å². The van der Waals surface area contributed by atoms with Crippen LogP contribution >= 0.6 is 31.9 Å². The van der Waals surface area contributed by atoms with Crippen molar-refractivity contribution < 1.29 is 4.39 Å². The summed E-state index contributed by atoms with van der Waals surface area (Å²) >= 11 is 6.50. The fraction of sp³-hybridized carbons (Fsp3) is 0. The van der Waals surface area contributed by atoms with Gasteiger partial charge < -0.3 is 4.98 Å². The lowest BCUT2D eigenvalue weighted by Gasteiger charge is -1.93. The maximum absolute atomic E-state index is 12.6. The van der Waals surface area contributed by atoms with Crippen LogP contribution < -0.4 is 0 Å². The van der Waals surface area contributed by atoms with Crippen molar-refractivity contribution in [2.75, 3.05) is 0 Å². The van der Waals surface area contributed by atoms with Crippen molar-refractivity contribution in [1.82, 2.24) is 15.0 Å². The highest BCUT2D eigenvalue weighted by Crippen LogP contribution is 2.24. The number of hydrogen-bond donors (Lipinski definition) is 1. The van der Waals surface area contributed by atoms with Gasteiger partial charge in [-0.15, -0.1) is 0 Å². The van der Waals surface area contributed by atoms with Gasteiger partial charge in [-0.05, 0) is 44.0 Å². The lowest BCUT2D eigenvalue weighted by molar-refractivity contribution is 0.621. The summed E-state index contributed by atoms with van der Waals surface area (Å²) in [5.41, 5.74) is 0.595. The van der Waals surface area contributed by atoms with E-state index in [2.05, 4.69) is 46.8 Å². The summed E-state index contributed by atoms with van der Waals surface area (Å²) in [6.07, 6.45) is 1.15. The van der Waals surface area contributed by atoms with Crippen LogP contribution in [0.15, 0.2) is 27.5 Å². The van der Waals surface area contributed by atoms with Crippen LogP contribution in [0.4, 0.5) is 4.39 Å². The highest BCUT2D eigenvalue weighted by atomic mass is 79.9. The molecule has 0 aliphatic carbocycles. The van der Waals surface area contributed by atoms with Gasteiger partial charge in [0.25, 0.3) is 0 Å². The zero-order valence-electron chi connectivity index (χ0n) is 6.76. The molecule has 72 valence electrons. The van der Waals surface area contributed by atoms with E-state index in [4.69, 9.17) is 0 Å². The quantitative estimate of drug-likeness (QED) is 0.877. The topological polar surface area (TPSA) is 41.6 Å². The van der Waals surface area contributed by atoms with Crippen LogP contribution in [0.3, 0.4) is 0 Å². The average Bonchev–Trinajstić information content (AvgIpc) is 2.48. The third kappa shape index (κ3) is 1.85. The first-order chi connectivity index (χ1) is 6.66. The second-order valence-corrected chi connectivity index (χ2v) is 4.10. The summed E-state index contributed by atoms with van der Waals surface area (Å²) in [6, 6.07) is 2.90. The minimum atomic E-state index is -0.363. The van der Waals surface area contributed by atoms with Crippen molar-refractivity contribution in [1.29, 1.82) is 0 Å². The number of aromatic amines is 1. The third-order valence-electron chi connectivity index (χ3n) is 1.59. The Labute approximate surface area is 96.0 Å². The molecule has 2 aromatic rings. The Kier molecular flexibility index (Phi) is 2.64. The molecule has 14 heavy (non-hydrogen) atoms. The fourth-order valence-electron chi connectivity index (χ4n) is 0.968. The van der Waals surface area contributed by atoms with Gasteiger partial charge in [-0.3, -0.25) is 0 Å². The standard InChI is InChI=1S/C8H4Br2FN3/c9-6-7(10)14-8(13-6)5-2-1-4(11)3-12-5/h1-3H,(H,13,14). The minimum absolute atomic E-state index is 0.363. The first kappa shape index (κ1) is 9.79. The van der Waals surface area contributed by atoms with Crippen LogP contribution in [0.25, 0.3) is 11.5 Å². The van der Waals surface area contributed by atoms with Gasteiger partial charge in [0.1, 0.15) is 20.7 Å². The molecule has 0 fully saturated rings. The molecule has 2 aromatic heterocycles. The summed E-state index contributed by atoms with van der Waals surface area (Å²) in [4.78, 5) is 11.0. The third-order valence-corrected chi connectivity index (χ3v) is 3.27. The van der Waals surface area contributed by atoms with E-state index in [1.165, 1.54) is 6.07 Å². The number of nitrogens with zero attached hydrogens (tertiary/aromatic N) is 2. The number of aromatic nitrogens is 3. The first-order valence-electron chi connectivity index (χ1n) is 3.70. The zero-order valence-corrected chi connectivity index (χ0v) is 9.93. The highest BCUT2D eigenvalue weighted by Gasteiger charge is 2.07. The summed E-state index contributed by atoms with van der Waals surface area (Å²) < 4.78 is 14.0. The Morgan fingerprint density at radius 2 is 2.07 bits per heavy atom. The highest BCUT2D eigenvalue weighted by molar-refractivity contribution is 9.13. The van der Waals surface area contributed by atoms with Crippen molar-refractivity contribution in [2.24, 2.45) is 0 Å². The van der Waals surface area contributed by atoms with Crippen LogP contribution in [-0.4, -0.2) is 15.0 Å². The number of halogens is 3. The number of rotatable bonds is 1. The van der Waals surface area contributed by atoms with E-state index in [0.717, 1.165) is 10.8 Å². The van der Waals surface area contributed by atoms with Gasteiger partial charge in [0, 0.05) is 0 Å². The van der Waals surface area contributed by atoms with E-state index < -0.39 is 0 Å². The zero-order chi connectivity index (χ0) is 10.1. The SMILES string of the molecule is Fc1ccc(-c2nc(Br)c(Br)[nH]2)nc1. The van der Waals surface area contributed by atoms with Crippen LogP contribution in [0.2, 0.25) is 0 Å². The molecule has 0 spiro atoms. The molecule has 1 N–H and O–H groups in total. The van der Waals surface area contributed by atoms with Gasteiger partial charge in [-0.1, -0.05) is 0 Å². The van der Waals surface area contributed by atoms with Crippen molar-refractivity contribution in [3.8, 4) is 11.5 Å². The van der Waals surface area contributed by atoms with E-state index in [1.807, 2.05) is 0 Å². The van der Waals surface area contributed by atoms with Gasteiger partial charge in [0.2, 0.25) is 0 Å². The van der Waals surface area contributed by atoms with Crippen molar-refractivity contribution in [2.45, 2.75) is 0 Å². The smallest absolute Gasteiger partial charge is 0.158 e. The summed E-state index contributed by atoms with van der Waals surface area (Å²) in [5, 5.41) is 0. The summed E-state index contributed by atoms with van der Waals surface area (Å²) in [7, 11) is 0. The van der Waals surface area contributed by atoms with Gasteiger partial charge in [-0.2, -0.15) is 0 Å². The number of H-pyrrole nitrogens is 1. The summed E-state index contributed by atoms with van der Waals surface area (Å²) in [5.74, 6) is 0.224. The van der Waals surface area contributed by atoms with Gasteiger partial charge in [-0.25, -0.2) is 14.4 Å². The molecular weight excluding hydrogens is 317 g/mol. The summed E-state index contributed by atoms with van der Waals surface area (Å²) in [6.45, 7) is 0. The lowest BCUT2D eigenvalue weighted by atomic mass is 10.3. The normalized spacial score (nSPS) is 10.5. The maximum atomic E-state index is 12.6. The average molecular weight is 321 g/mol. The molecule has 0 unspecified atom stereocenters. The molecule has 0 saturated heterocycles. The number of hydrogen-bond acceptors (Lipinski definition) is 2. The molecule has 2 heterocycles. The molecular formula is C8H4Br2FN3. The van der Waals surface area contributed by atoms with E-state index in [-0.39, 0.29) is 5.82 Å². The predicted molar refractivity (Wildman–Crippen MR) is 57.2 cm³/mol. The largest absolute Gasteiger partial charge is 0.330 e. The Morgan fingerprint density at radius 3 is 2.57 bits per heavy atom. The molecule has 0 bridgehead atoms. The molecule has 0 aromatic carbocycles. The molecule has 0 aliphatic rings.